The summed E-state index contributed by atoms with van der Waals surface area (Å²) in [4.78, 5) is 53.6. The Kier molecular flexibility index (Phi) is 25.5. The molecule has 1 atom stereocenters. The van der Waals surface area contributed by atoms with Gasteiger partial charge >= 0.3 is 0 Å². The Bertz CT molecular complexity index is 7580. The van der Waals surface area contributed by atoms with Gasteiger partial charge < -0.3 is 30.7 Å². The number of hydrogen-bond acceptors (Lipinski definition) is 27. The van der Waals surface area contributed by atoms with Crippen molar-refractivity contribution in [3.8, 4) is 102 Å². The SMILES string of the molecule is COc1ccc(-c2nc(NCc3ccccn3)c3c(-c4ccc(OC)nc4)ccn3n2)cn1.CS(=O)(=O)c1cncc(-c2nc(NCc3ccccn3)c3c(-c4ccc(F)cc4)ccn3n2)c1.CS(=O)(=O)c1nc(-c2nc(NCc3ccccn3)c3c(-c4ccccc4)ccn3n2)cs1.Cc1cncc(-c2nc(NC(C)c3ccccc3)c3c(-c4ccccc4)ccn3n2)c1. The molecule has 0 amide bonds. The number of sulfone groups is 2. The lowest BCUT2D eigenvalue weighted by atomic mass is 10.1. The number of aryl methyl sites for hydroxylation is 1. The van der Waals surface area contributed by atoms with Crippen LogP contribution in [0.3, 0.4) is 0 Å². The molecule has 4 aromatic carbocycles. The maximum Gasteiger partial charge on any atom is 0.212 e. The van der Waals surface area contributed by atoms with Crippen molar-refractivity contribution in [3.63, 3.8) is 0 Å². The van der Waals surface area contributed by atoms with Crippen LogP contribution in [0.2, 0.25) is 0 Å². The quantitative estimate of drug-likeness (QED) is 0.0436. The van der Waals surface area contributed by atoms with Gasteiger partial charge in [0.1, 0.15) is 33.6 Å². The third-order valence-electron chi connectivity index (χ3n) is 20.5. The van der Waals surface area contributed by atoms with E-state index >= 15 is 0 Å². The van der Waals surface area contributed by atoms with Crippen LogP contribution in [0.25, 0.3) is 112 Å². The number of thiazole rings is 1. The van der Waals surface area contributed by atoms with Crippen LogP contribution in [0.5, 0.6) is 11.8 Å². The Morgan fingerprint density at radius 3 is 1.22 bits per heavy atom. The van der Waals surface area contributed by atoms with E-state index in [2.05, 4.69) is 127 Å². The van der Waals surface area contributed by atoms with Gasteiger partial charge in [-0.1, -0.05) is 121 Å². The van der Waals surface area contributed by atoms with Gasteiger partial charge in [0.25, 0.3) is 0 Å². The minimum atomic E-state index is -3.45. The van der Waals surface area contributed by atoms with Gasteiger partial charge in [-0.25, -0.2) is 74.2 Å². The number of aromatic nitrogens is 20. The zero-order valence-corrected chi connectivity index (χ0v) is 73.2. The summed E-state index contributed by atoms with van der Waals surface area (Å²) in [6.45, 7) is 5.56. The summed E-state index contributed by atoms with van der Waals surface area (Å²) in [5.41, 5.74) is 18.5. The number of methoxy groups -OCH3 is 2. The van der Waals surface area contributed by atoms with Crippen LogP contribution in [0, 0.1) is 12.7 Å². The van der Waals surface area contributed by atoms with Crippen molar-refractivity contribution in [1.82, 2.24) is 98.3 Å². The molecule has 20 rings (SSSR count). The van der Waals surface area contributed by atoms with Crippen molar-refractivity contribution < 1.29 is 30.7 Å². The zero-order chi connectivity index (χ0) is 89.7. The largest absolute Gasteiger partial charge is 0.481 e. The van der Waals surface area contributed by atoms with Gasteiger partial charge in [0, 0.05) is 155 Å². The summed E-state index contributed by atoms with van der Waals surface area (Å²) in [6.07, 6.45) is 24.9. The number of anilines is 4. The highest BCUT2D eigenvalue weighted by molar-refractivity contribution is 7.92. The van der Waals surface area contributed by atoms with E-state index in [0.29, 0.717) is 88.9 Å². The van der Waals surface area contributed by atoms with Gasteiger partial charge in [0.2, 0.25) is 31.8 Å². The van der Waals surface area contributed by atoms with Crippen LogP contribution in [-0.2, 0) is 39.3 Å². The third kappa shape index (κ3) is 20.0. The van der Waals surface area contributed by atoms with E-state index in [1.54, 1.807) is 90.2 Å². The molecule has 0 aliphatic heterocycles. The Balaban J connectivity index is 0.000000122. The highest BCUT2D eigenvalue weighted by Crippen LogP contribution is 2.38. The van der Waals surface area contributed by atoms with Crippen LogP contribution in [0.4, 0.5) is 27.7 Å². The Morgan fingerprint density at radius 2 is 0.792 bits per heavy atom. The molecular formula is C96H81FN24O6S3. The van der Waals surface area contributed by atoms with Crippen LogP contribution in [-0.4, -0.2) is 142 Å². The van der Waals surface area contributed by atoms with Crippen molar-refractivity contribution >= 4 is 76.3 Å². The Labute approximate surface area is 749 Å². The normalized spacial score (nSPS) is 11.5. The summed E-state index contributed by atoms with van der Waals surface area (Å²) in [6, 6.07) is 73.1. The van der Waals surface area contributed by atoms with E-state index in [-0.39, 0.29) is 21.1 Å². The predicted molar refractivity (Wildman–Crippen MR) is 499 cm³/mol. The van der Waals surface area contributed by atoms with Crippen LogP contribution >= 0.6 is 11.3 Å². The molecule has 20 aromatic rings. The molecule has 16 aromatic heterocycles. The van der Waals surface area contributed by atoms with Gasteiger partial charge in [0.15, 0.2) is 50.6 Å². The summed E-state index contributed by atoms with van der Waals surface area (Å²) >= 11 is 1.06. The molecule has 34 heteroatoms. The molecule has 0 saturated heterocycles. The second-order valence-corrected chi connectivity index (χ2v) is 34.7. The van der Waals surface area contributed by atoms with Crippen LogP contribution in [0.1, 0.15) is 41.2 Å². The van der Waals surface area contributed by atoms with Gasteiger partial charge in [-0.05, 0) is 139 Å². The summed E-state index contributed by atoms with van der Waals surface area (Å²) in [5, 5.41) is 34.1. The number of benzene rings is 4. The molecule has 0 spiro atoms. The first kappa shape index (κ1) is 85.8. The minimum Gasteiger partial charge on any atom is -0.481 e. The predicted octanol–water partition coefficient (Wildman–Crippen LogP) is 17.8. The topological polar surface area (TPSA) is 359 Å². The van der Waals surface area contributed by atoms with Crippen LogP contribution in [0.15, 0.2) is 326 Å². The zero-order valence-electron chi connectivity index (χ0n) is 70.7. The summed E-state index contributed by atoms with van der Waals surface area (Å²) in [5.74, 6) is 5.19. The maximum atomic E-state index is 13.5. The van der Waals surface area contributed by atoms with E-state index in [1.165, 1.54) is 36.2 Å². The number of fused-ring (bicyclic) bond motifs is 4. The second kappa shape index (κ2) is 38.6. The first-order valence-corrected chi connectivity index (χ1v) is 45.4. The fourth-order valence-electron chi connectivity index (χ4n) is 14.1. The molecule has 1 unspecified atom stereocenters. The molecule has 0 aliphatic rings. The molecule has 0 radical (unpaired) electrons. The van der Waals surface area contributed by atoms with Gasteiger partial charge in [-0.3, -0.25) is 24.9 Å². The van der Waals surface area contributed by atoms with E-state index in [9.17, 15) is 21.2 Å². The van der Waals surface area contributed by atoms with Crippen molar-refractivity contribution in [2.45, 2.75) is 48.8 Å². The first-order valence-electron chi connectivity index (χ1n) is 40.7. The second-order valence-electron chi connectivity index (χ2n) is 29.6. The molecule has 4 N–H and O–H groups in total. The number of ether oxygens (including phenoxy) is 2. The fraction of sp³-hybridized carbons (Fsp3) is 0.104. The fourth-order valence-corrected chi connectivity index (χ4v) is 16.4. The number of rotatable bonds is 24. The van der Waals surface area contributed by atoms with Crippen molar-refractivity contribution in [3.05, 3.63) is 350 Å². The third-order valence-corrected chi connectivity index (χ3v) is 24.2. The molecule has 0 aliphatic carbocycles. The van der Waals surface area contributed by atoms with E-state index in [1.807, 2.05) is 186 Å². The number of hydrogen-bond donors (Lipinski definition) is 4. The summed E-state index contributed by atoms with van der Waals surface area (Å²) in [7, 11) is -3.67. The number of halogens is 1. The monoisotopic (exact) mass is 1780 g/mol. The Hall–Kier alpha value is -16.3. The highest BCUT2D eigenvalue weighted by Gasteiger charge is 2.24. The number of nitrogens with one attached hydrogen (secondary N) is 4. The highest BCUT2D eigenvalue weighted by atomic mass is 32.2. The molecule has 0 bridgehead atoms. The van der Waals surface area contributed by atoms with E-state index < -0.39 is 19.7 Å². The van der Waals surface area contributed by atoms with Crippen molar-refractivity contribution in [1.29, 1.82) is 0 Å². The molecule has 30 nitrogen and oxygen atoms in total. The molecule has 0 fully saturated rings. The average molecular weight is 1780 g/mol. The molecule has 16 heterocycles. The van der Waals surface area contributed by atoms with Gasteiger partial charge in [-0.15, -0.1) is 31.7 Å². The molecule has 0 saturated carbocycles. The van der Waals surface area contributed by atoms with E-state index in [4.69, 9.17) is 39.6 Å². The lowest BCUT2D eigenvalue weighted by Crippen LogP contribution is -2.11. The van der Waals surface area contributed by atoms with Gasteiger partial charge in [-0.2, -0.15) is 0 Å². The maximum absolute atomic E-state index is 13.5. The minimum absolute atomic E-state index is 0.0386. The molecule has 130 heavy (non-hydrogen) atoms. The first-order chi connectivity index (χ1) is 63.3. The number of pyridine rings is 7. The Morgan fingerprint density at radius 1 is 0.392 bits per heavy atom. The summed E-state index contributed by atoms with van der Waals surface area (Å²) < 4.78 is 78.7. The molecular weight excluding hydrogens is 1700 g/mol. The number of nitrogens with zero attached hydrogens (tertiary/aromatic N) is 20. The average Bonchev–Trinajstić information content (AvgIpc) is 1.68. The lowest BCUT2D eigenvalue weighted by molar-refractivity contribution is 0.398. The van der Waals surface area contributed by atoms with Gasteiger partial charge in [0.05, 0.1) is 61.9 Å². The molecule has 646 valence electrons. The van der Waals surface area contributed by atoms with Crippen molar-refractivity contribution in [2.24, 2.45) is 0 Å². The standard InChI is InChI=1S/C26H23N5.C24H19FN6O2S.C24H21N7O2.C22H18N6O2S2/c1-18-15-22(17-27-16-18)25-29-26(28-19(2)20-9-5-3-6-10-20)24-23(13-14-31(24)30-25)21-11-7-4-8-12-21;1-34(32,33)20-12-17(13-26-15-20)23-29-24(28-14-19-4-2-3-10-27-19)22-21(9-11-31(22)30-23)16-5-7-18(25)8-6-16;1-32-20-8-6-16(13-26-20)19-10-12-31-22(19)24(28-15-18-5-3-4-11-25-18)29-23(30-31)17-7-9-21(33-2)27-14-17;1-32(29,30)22-25-18(14-31-22)20-26-21(24-13-16-9-5-6-11-23-16)19-17(10-12-28(19)27-20)15-7-3-2-4-8-15/h3-17,19H,1-2H3,(H,28,29,30);2-13,15H,14H2,1H3,(H,28,29,30);3-14H,15H2,1-2H3,(H,28,29,30);2-12,14H,13H2,1H3,(H,24,26,27). The lowest BCUT2D eigenvalue weighted by Gasteiger charge is -2.17. The smallest absolute Gasteiger partial charge is 0.212 e. The van der Waals surface area contributed by atoms with Crippen molar-refractivity contribution in [2.75, 3.05) is 48.0 Å². The van der Waals surface area contributed by atoms with Crippen LogP contribution < -0.4 is 30.7 Å². The van der Waals surface area contributed by atoms with E-state index in [0.717, 1.165) is 124 Å².